The molecule has 2 heteroatoms. The fourth-order valence-electron chi connectivity index (χ4n) is 2.90. The molecule has 1 unspecified atom stereocenters. The van der Waals surface area contributed by atoms with Crippen molar-refractivity contribution in [3.8, 4) is 0 Å². The summed E-state index contributed by atoms with van der Waals surface area (Å²) < 4.78 is 0. The fourth-order valence-corrected chi connectivity index (χ4v) is 2.90. The molecule has 0 aromatic carbocycles. The Morgan fingerprint density at radius 2 is 1.19 bits per heavy atom. The van der Waals surface area contributed by atoms with Crippen molar-refractivity contribution in [2.24, 2.45) is 5.92 Å². The molecule has 21 heavy (non-hydrogen) atoms. The first-order valence-electron chi connectivity index (χ1n) is 9.07. The smallest absolute Gasteiger partial charge is 0.132 e. The standard InChI is InChI=1S/C19H36O2/c1-4-14-19(18(3)21)16-13-11-9-7-5-6-8-10-12-15-17(2)20/h19H,4-16H2,1-3H3. The number of hydrogen-bond donors (Lipinski definition) is 0. The van der Waals surface area contributed by atoms with E-state index in [-0.39, 0.29) is 0 Å². The number of rotatable bonds is 15. The highest BCUT2D eigenvalue weighted by atomic mass is 16.1. The lowest BCUT2D eigenvalue weighted by molar-refractivity contribution is -0.121. The first-order chi connectivity index (χ1) is 10.1. The monoisotopic (exact) mass is 296 g/mol. The van der Waals surface area contributed by atoms with E-state index in [9.17, 15) is 9.59 Å². The van der Waals surface area contributed by atoms with Gasteiger partial charge in [-0.25, -0.2) is 0 Å². The third kappa shape index (κ3) is 14.1. The minimum Gasteiger partial charge on any atom is -0.300 e. The van der Waals surface area contributed by atoms with Gasteiger partial charge in [-0.05, 0) is 33.1 Å². The molecule has 0 fully saturated rings. The molecule has 0 aliphatic heterocycles. The van der Waals surface area contributed by atoms with Crippen LogP contribution in [-0.2, 0) is 9.59 Å². The Kier molecular flexibility index (Phi) is 13.8. The van der Waals surface area contributed by atoms with Crippen molar-refractivity contribution in [3.63, 3.8) is 0 Å². The van der Waals surface area contributed by atoms with Gasteiger partial charge in [0.25, 0.3) is 0 Å². The van der Waals surface area contributed by atoms with Crippen LogP contribution in [0.25, 0.3) is 0 Å². The van der Waals surface area contributed by atoms with Gasteiger partial charge in [0.15, 0.2) is 0 Å². The van der Waals surface area contributed by atoms with Crippen molar-refractivity contribution < 1.29 is 9.59 Å². The van der Waals surface area contributed by atoms with E-state index in [1.807, 2.05) is 0 Å². The van der Waals surface area contributed by atoms with Crippen molar-refractivity contribution in [1.82, 2.24) is 0 Å². The fraction of sp³-hybridized carbons (Fsp3) is 0.895. The van der Waals surface area contributed by atoms with E-state index in [0.29, 0.717) is 17.5 Å². The number of carbonyl (C=O) groups excluding carboxylic acids is 2. The van der Waals surface area contributed by atoms with Crippen LogP contribution in [0.4, 0.5) is 0 Å². The molecule has 0 aliphatic rings. The van der Waals surface area contributed by atoms with Crippen LogP contribution in [0.5, 0.6) is 0 Å². The molecule has 1 atom stereocenters. The highest BCUT2D eigenvalue weighted by Crippen LogP contribution is 2.18. The van der Waals surface area contributed by atoms with E-state index in [2.05, 4.69) is 6.92 Å². The van der Waals surface area contributed by atoms with Crippen LogP contribution in [0.3, 0.4) is 0 Å². The third-order valence-electron chi connectivity index (χ3n) is 4.29. The van der Waals surface area contributed by atoms with Gasteiger partial charge in [-0.15, -0.1) is 0 Å². The van der Waals surface area contributed by atoms with E-state index in [0.717, 1.165) is 32.1 Å². The molecule has 0 bridgehead atoms. The minimum absolute atomic E-state index is 0.316. The summed E-state index contributed by atoms with van der Waals surface area (Å²) >= 11 is 0. The first kappa shape index (κ1) is 20.3. The van der Waals surface area contributed by atoms with Crippen LogP contribution in [-0.4, -0.2) is 11.6 Å². The summed E-state index contributed by atoms with van der Waals surface area (Å²) in [4.78, 5) is 22.2. The van der Waals surface area contributed by atoms with Crippen molar-refractivity contribution in [2.75, 3.05) is 0 Å². The van der Waals surface area contributed by atoms with Crippen molar-refractivity contribution in [1.29, 1.82) is 0 Å². The Bertz CT molecular complexity index is 271. The molecule has 0 aromatic heterocycles. The van der Waals surface area contributed by atoms with E-state index in [1.54, 1.807) is 13.8 Å². The Morgan fingerprint density at radius 1 is 0.714 bits per heavy atom. The molecular formula is C19H36O2. The maximum Gasteiger partial charge on any atom is 0.132 e. The van der Waals surface area contributed by atoms with Gasteiger partial charge < -0.3 is 4.79 Å². The summed E-state index contributed by atoms with van der Waals surface area (Å²) in [7, 11) is 0. The second-order valence-corrected chi connectivity index (χ2v) is 6.52. The van der Waals surface area contributed by atoms with Gasteiger partial charge >= 0.3 is 0 Å². The van der Waals surface area contributed by atoms with Gasteiger partial charge in [0.1, 0.15) is 11.6 Å². The number of hydrogen-bond acceptors (Lipinski definition) is 2. The van der Waals surface area contributed by atoms with Gasteiger partial charge in [-0.3, -0.25) is 4.79 Å². The Morgan fingerprint density at radius 3 is 1.62 bits per heavy atom. The number of unbranched alkanes of at least 4 members (excludes halogenated alkanes) is 8. The summed E-state index contributed by atoms with van der Waals surface area (Å²) in [5.74, 6) is 1.01. The molecule has 0 saturated carbocycles. The zero-order valence-corrected chi connectivity index (χ0v) is 14.6. The van der Waals surface area contributed by atoms with Gasteiger partial charge in [0.2, 0.25) is 0 Å². The van der Waals surface area contributed by atoms with Crippen LogP contribution in [0.15, 0.2) is 0 Å². The van der Waals surface area contributed by atoms with E-state index >= 15 is 0 Å². The lowest BCUT2D eigenvalue weighted by Gasteiger charge is -2.12. The predicted molar refractivity (Wildman–Crippen MR) is 90.5 cm³/mol. The van der Waals surface area contributed by atoms with Crippen LogP contribution in [0.1, 0.15) is 104 Å². The highest BCUT2D eigenvalue weighted by Gasteiger charge is 2.11. The Hall–Kier alpha value is -0.660. The topological polar surface area (TPSA) is 34.1 Å². The maximum atomic E-state index is 11.4. The van der Waals surface area contributed by atoms with Crippen LogP contribution in [0, 0.1) is 5.92 Å². The van der Waals surface area contributed by atoms with Crippen molar-refractivity contribution in [3.05, 3.63) is 0 Å². The minimum atomic E-state index is 0.316. The molecule has 0 aromatic rings. The number of carbonyl (C=O) groups is 2. The van der Waals surface area contributed by atoms with Gasteiger partial charge in [0, 0.05) is 12.3 Å². The summed E-state index contributed by atoms with van der Waals surface area (Å²) in [6.07, 6.45) is 15.3. The molecule has 0 radical (unpaired) electrons. The second-order valence-electron chi connectivity index (χ2n) is 6.52. The average molecular weight is 296 g/mol. The molecular weight excluding hydrogens is 260 g/mol. The summed E-state index contributed by atoms with van der Waals surface area (Å²) in [5.41, 5.74) is 0. The lowest BCUT2D eigenvalue weighted by Crippen LogP contribution is -2.10. The molecule has 0 saturated heterocycles. The lowest BCUT2D eigenvalue weighted by atomic mass is 9.93. The predicted octanol–water partition coefficient (Wildman–Crippen LogP) is 5.87. The van der Waals surface area contributed by atoms with E-state index in [1.165, 1.54) is 51.4 Å². The first-order valence-corrected chi connectivity index (χ1v) is 9.07. The summed E-state index contributed by atoms with van der Waals surface area (Å²) in [6, 6.07) is 0. The number of ketones is 2. The molecule has 0 heterocycles. The molecule has 124 valence electrons. The zero-order chi connectivity index (χ0) is 15.9. The number of Topliss-reactive ketones (excluding diaryl/α,β-unsaturated/α-hetero) is 2. The van der Waals surface area contributed by atoms with Crippen molar-refractivity contribution in [2.45, 2.75) is 104 Å². The SMILES string of the molecule is CCCC(CCCCCCCCCCCC(C)=O)C(C)=O. The molecule has 0 N–H and O–H groups in total. The molecule has 0 spiro atoms. The van der Waals surface area contributed by atoms with Crippen LogP contribution >= 0.6 is 0 Å². The maximum absolute atomic E-state index is 11.4. The summed E-state index contributed by atoms with van der Waals surface area (Å²) in [6.45, 7) is 5.58. The molecule has 2 nitrogen and oxygen atoms in total. The van der Waals surface area contributed by atoms with E-state index < -0.39 is 0 Å². The quantitative estimate of drug-likeness (QED) is 0.354. The Labute approximate surface area is 132 Å². The largest absolute Gasteiger partial charge is 0.300 e. The molecule has 0 amide bonds. The highest BCUT2D eigenvalue weighted by molar-refractivity contribution is 5.78. The molecule has 0 aliphatic carbocycles. The Balaban J connectivity index is 3.28. The van der Waals surface area contributed by atoms with Gasteiger partial charge in [-0.1, -0.05) is 64.7 Å². The normalized spacial score (nSPS) is 12.3. The third-order valence-corrected chi connectivity index (χ3v) is 4.29. The van der Waals surface area contributed by atoms with Gasteiger partial charge in [0.05, 0.1) is 0 Å². The second kappa shape index (κ2) is 14.3. The summed E-state index contributed by atoms with van der Waals surface area (Å²) in [5, 5.41) is 0. The average Bonchev–Trinajstić information content (AvgIpc) is 2.42. The van der Waals surface area contributed by atoms with Crippen LogP contribution < -0.4 is 0 Å². The van der Waals surface area contributed by atoms with Crippen LogP contribution in [0.2, 0.25) is 0 Å². The van der Waals surface area contributed by atoms with Gasteiger partial charge in [-0.2, -0.15) is 0 Å². The zero-order valence-electron chi connectivity index (χ0n) is 14.6. The van der Waals surface area contributed by atoms with Crippen molar-refractivity contribution >= 4 is 11.6 Å². The van der Waals surface area contributed by atoms with E-state index in [4.69, 9.17) is 0 Å². The molecule has 0 rings (SSSR count).